The number of benzene rings is 1. The fourth-order valence-corrected chi connectivity index (χ4v) is 1.74. The van der Waals surface area contributed by atoms with Crippen LogP contribution >= 0.6 is 0 Å². The van der Waals surface area contributed by atoms with Crippen LogP contribution in [0.2, 0.25) is 0 Å². The van der Waals surface area contributed by atoms with Crippen molar-refractivity contribution in [2.24, 2.45) is 7.05 Å². The summed E-state index contributed by atoms with van der Waals surface area (Å²) in [5.41, 5.74) is 0.669. The van der Waals surface area contributed by atoms with Gasteiger partial charge in [-0.3, -0.25) is 9.36 Å². The molecule has 94 valence electrons. The smallest absolute Gasteiger partial charge is 0.303 e. The molecular weight excluding hydrogens is 235 g/mol. The predicted octanol–water partition coefficient (Wildman–Crippen LogP) is 1.04. The van der Waals surface area contributed by atoms with Crippen LogP contribution in [0, 0.1) is 12.7 Å². The molecule has 0 amide bonds. The van der Waals surface area contributed by atoms with Gasteiger partial charge in [-0.15, -0.1) is 0 Å². The van der Waals surface area contributed by atoms with Gasteiger partial charge in [-0.25, -0.2) is 9.18 Å². The van der Waals surface area contributed by atoms with Crippen LogP contribution in [0.3, 0.4) is 0 Å². The normalized spacial score (nSPS) is 10.6. The zero-order valence-corrected chi connectivity index (χ0v) is 10.2. The molecule has 0 fully saturated rings. The lowest BCUT2D eigenvalue weighted by atomic mass is 10.1. The summed E-state index contributed by atoms with van der Waals surface area (Å²) in [6.45, 7) is 1.89. The Kier molecular flexibility index (Phi) is 3.14. The standard InChI is InChI=1S/C13H13FN2O2/c1-9-3-4-11(14)7-10(9)8-16-12(17)5-6-15(2)13(16)18/h3-7H,8H2,1-2H3. The quantitative estimate of drug-likeness (QED) is 0.797. The fraction of sp³-hybridized carbons (Fsp3) is 0.231. The molecule has 0 aliphatic rings. The first-order valence-electron chi connectivity index (χ1n) is 5.50. The van der Waals surface area contributed by atoms with Gasteiger partial charge in [0, 0.05) is 19.3 Å². The van der Waals surface area contributed by atoms with Crippen LogP contribution in [0.4, 0.5) is 4.39 Å². The van der Waals surface area contributed by atoms with Crippen LogP contribution in [0.25, 0.3) is 0 Å². The molecule has 0 aliphatic carbocycles. The summed E-state index contributed by atoms with van der Waals surface area (Å²) in [4.78, 5) is 23.5. The molecule has 1 aromatic carbocycles. The van der Waals surface area contributed by atoms with Crippen molar-refractivity contribution < 1.29 is 4.39 Å². The van der Waals surface area contributed by atoms with Gasteiger partial charge >= 0.3 is 5.69 Å². The number of rotatable bonds is 2. The molecule has 1 heterocycles. The van der Waals surface area contributed by atoms with E-state index in [1.54, 1.807) is 13.1 Å². The fourth-order valence-electron chi connectivity index (χ4n) is 1.74. The van der Waals surface area contributed by atoms with Crippen molar-refractivity contribution in [2.75, 3.05) is 0 Å². The third-order valence-electron chi connectivity index (χ3n) is 2.88. The lowest BCUT2D eigenvalue weighted by Crippen LogP contribution is -2.38. The molecule has 1 aromatic heterocycles. The van der Waals surface area contributed by atoms with Gasteiger partial charge in [0.15, 0.2) is 0 Å². The van der Waals surface area contributed by atoms with E-state index in [1.165, 1.54) is 29.0 Å². The third-order valence-corrected chi connectivity index (χ3v) is 2.88. The van der Waals surface area contributed by atoms with Gasteiger partial charge in [0.05, 0.1) is 6.54 Å². The number of aryl methyl sites for hydroxylation is 2. The molecule has 0 aliphatic heterocycles. The van der Waals surface area contributed by atoms with Crippen LogP contribution in [0.1, 0.15) is 11.1 Å². The highest BCUT2D eigenvalue weighted by Crippen LogP contribution is 2.10. The SMILES string of the molecule is Cc1ccc(F)cc1Cn1c(=O)ccn(C)c1=O. The lowest BCUT2D eigenvalue weighted by Gasteiger charge is -2.09. The number of hydrogen-bond donors (Lipinski definition) is 0. The topological polar surface area (TPSA) is 44.0 Å². The zero-order chi connectivity index (χ0) is 13.3. The van der Waals surface area contributed by atoms with Crippen LogP contribution in [-0.4, -0.2) is 9.13 Å². The van der Waals surface area contributed by atoms with Gasteiger partial charge in [0.1, 0.15) is 5.82 Å². The zero-order valence-electron chi connectivity index (χ0n) is 10.2. The Morgan fingerprint density at radius 3 is 2.67 bits per heavy atom. The largest absolute Gasteiger partial charge is 0.331 e. The second-order valence-electron chi connectivity index (χ2n) is 4.20. The first-order chi connectivity index (χ1) is 8.49. The van der Waals surface area contributed by atoms with E-state index < -0.39 is 5.69 Å². The van der Waals surface area contributed by atoms with E-state index in [2.05, 4.69) is 0 Å². The maximum absolute atomic E-state index is 13.2. The van der Waals surface area contributed by atoms with E-state index in [0.717, 1.165) is 10.1 Å². The Balaban J connectivity index is 2.53. The minimum absolute atomic E-state index is 0.0793. The molecule has 0 spiro atoms. The third kappa shape index (κ3) is 2.25. The van der Waals surface area contributed by atoms with Crippen molar-refractivity contribution in [2.45, 2.75) is 13.5 Å². The highest BCUT2D eigenvalue weighted by atomic mass is 19.1. The van der Waals surface area contributed by atoms with Gasteiger partial charge < -0.3 is 4.57 Å². The Hall–Kier alpha value is -2.17. The van der Waals surface area contributed by atoms with Crippen molar-refractivity contribution in [3.8, 4) is 0 Å². The average molecular weight is 248 g/mol. The highest BCUT2D eigenvalue weighted by molar-refractivity contribution is 5.26. The predicted molar refractivity (Wildman–Crippen MR) is 66.2 cm³/mol. The van der Waals surface area contributed by atoms with Crippen LogP contribution in [0.15, 0.2) is 40.1 Å². The van der Waals surface area contributed by atoms with Crippen molar-refractivity contribution >= 4 is 0 Å². The Morgan fingerprint density at radius 1 is 1.22 bits per heavy atom. The minimum atomic E-state index is -0.411. The summed E-state index contributed by atoms with van der Waals surface area (Å²) in [5, 5.41) is 0. The van der Waals surface area contributed by atoms with Gasteiger partial charge in [0.25, 0.3) is 5.56 Å². The van der Waals surface area contributed by atoms with E-state index in [1.807, 2.05) is 6.92 Å². The van der Waals surface area contributed by atoms with Gasteiger partial charge in [0.2, 0.25) is 0 Å². The van der Waals surface area contributed by atoms with Crippen molar-refractivity contribution in [3.05, 3.63) is 68.2 Å². The molecule has 2 aromatic rings. The summed E-state index contributed by atoms with van der Waals surface area (Å²) in [7, 11) is 1.57. The first-order valence-corrected chi connectivity index (χ1v) is 5.50. The molecule has 0 unspecified atom stereocenters. The summed E-state index contributed by atoms with van der Waals surface area (Å²) in [5.74, 6) is -0.378. The molecule has 0 saturated heterocycles. The van der Waals surface area contributed by atoms with Crippen LogP contribution in [-0.2, 0) is 13.6 Å². The Bertz CT molecular complexity index is 701. The number of hydrogen-bond acceptors (Lipinski definition) is 2. The second-order valence-corrected chi connectivity index (χ2v) is 4.20. The Labute approximate surface area is 103 Å². The van der Waals surface area contributed by atoms with Crippen molar-refractivity contribution in [3.63, 3.8) is 0 Å². The number of halogens is 1. The molecule has 0 saturated carbocycles. The van der Waals surface area contributed by atoms with E-state index >= 15 is 0 Å². The monoisotopic (exact) mass is 248 g/mol. The molecule has 2 rings (SSSR count). The number of nitrogens with zero attached hydrogens (tertiary/aromatic N) is 2. The van der Waals surface area contributed by atoms with Crippen LogP contribution in [0.5, 0.6) is 0 Å². The number of aromatic nitrogens is 2. The molecular formula is C13H13FN2O2. The summed E-state index contributed by atoms with van der Waals surface area (Å²) >= 11 is 0. The van der Waals surface area contributed by atoms with E-state index in [-0.39, 0.29) is 17.9 Å². The van der Waals surface area contributed by atoms with E-state index in [0.29, 0.717) is 5.56 Å². The summed E-state index contributed by atoms with van der Waals surface area (Å²) < 4.78 is 15.6. The molecule has 0 atom stereocenters. The van der Waals surface area contributed by atoms with Crippen molar-refractivity contribution in [1.82, 2.24) is 9.13 Å². The first kappa shape index (κ1) is 12.3. The molecule has 18 heavy (non-hydrogen) atoms. The van der Waals surface area contributed by atoms with E-state index in [4.69, 9.17) is 0 Å². The van der Waals surface area contributed by atoms with E-state index in [9.17, 15) is 14.0 Å². The maximum atomic E-state index is 13.2. The maximum Gasteiger partial charge on any atom is 0.331 e. The van der Waals surface area contributed by atoms with Crippen LogP contribution < -0.4 is 11.2 Å². The van der Waals surface area contributed by atoms with Gasteiger partial charge in [-0.1, -0.05) is 6.07 Å². The molecule has 5 heteroatoms. The average Bonchev–Trinajstić information content (AvgIpc) is 2.34. The van der Waals surface area contributed by atoms with Gasteiger partial charge in [-0.05, 0) is 30.2 Å². The highest BCUT2D eigenvalue weighted by Gasteiger charge is 2.06. The summed E-state index contributed by atoms with van der Waals surface area (Å²) in [6, 6.07) is 5.64. The lowest BCUT2D eigenvalue weighted by molar-refractivity contribution is 0.611. The second kappa shape index (κ2) is 4.60. The molecule has 0 N–H and O–H groups in total. The molecule has 0 radical (unpaired) electrons. The van der Waals surface area contributed by atoms with Crippen molar-refractivity contribution in [1.29, 1.82) is 0 Å². The van der Waals surface area contributed by atoms with Gasteiger partial charge in [-0.2, -0.15) is 0 Å². The minimum Gasteiger partial charge on any atom is -0.303 e. The summed E-state index contributed by atoms with van der Waals surface area (Å²) in [6.07, 6.45) is 1.42. The molecule has 4 nitrogen and oxygen atoms in total. The molecule has 0 bridgehead atoms. The Morgan fingerprint density at radius 2 is 1.94 bits per heavy atom.